The quantitative estimate of drug-likeness (QED) is 0.451. The average Bonchev–Trinajstić information content (AvgIpc) is 2.17. The molecular formula is C11H17NO4. The van der Waals surface area contributed by atoms with Gasteiger partial charge in [0, 0.05) is 6.92 Å². The van der Waals surface area contributed by atoms with Gasteiger partial charge in [-0.2, -0.15) is 0 Å². The van der Waals surface area contributed by atoms with Crippen LogP contribution in [0.3, 0.4) is 0 Å². The predicted molar refractivity (Wildman–Crippen MR) is 58.3 cm³/mol. The average molecular weight is 227 g/mol. The zero-order valence-corrected chi connectivity index (χ0v) is 9.65. The Balaban J connectivity index is 2.68. The van der Waals surface area contributed by atoms with Gasteiger partial charge in [0.1, 0.15) is 5.60 Å². The van der Waals surface area contributed by atoms with Crippen LogP contribution in [0.1, 0.15) is 46.0 Å². The first-order valence-corrected chi connectivity index (χ1v) is 5.45. The van der Waals surface area contributed by atoms with Crippen LogP contribution in [0.5, 0.6) is 0 Å². The molecule has 0 aromatic carbocycles. The van der Waals surface area contributed by atoms with Crippen molar-refractivity contribution in [3.8, 4) is 0 Å². The molecule has 0 saturated heterocycles. The van der Waals surface area contributed by atoms with Crippen LogP contribution in [0.15, 0.2) is 5.16 Å². The standard InChI is InChI=1S/C11H17NO4/c1-8(13)9(10(14)15)12-16-11(2)6-4-3-5-7-11/h3-7H2,1-2H3,(H,14,15). The third-order valence-electron chi connectivity index (χ3n) is 2.80. The first kappa shape index (κ1) is 12.7. The lowest BCUT2D eigenvalue weighted by atomic mass is 9.87. The number of Topliss-reactive ketones (excluding diaryl/α,β-unsaturated/α-hetero) is 1. The maximum atomic E-state index is 11.0. The third kappa shape index (κ3) is 3.32. The molecule has 0 bridgehead atoms. The summed E-state index contributed by atoms with van der Waals surface area (Å²) in [7, 11) is 0. The molecule has 1 aliphatic rings. The van der Waals surface area contributed by atoms with Crippen molar-refractivity contribution in [2.24, 2.45) is 5.16 Å². The predicted octanol–water partition coefficient (Wildman–Crippen LogP) is 1.76. The zero-order valence-electron chi connectivity index (χ0n) is 9.65. The van der Waals surface area contributed by atoms with Gasteiger partial charge in [0.05, 0.1) is 0 Å². The van der Waals surface area contributed by atoms with Gasteiger partial charge >= 0.3 is 5.97 Å². The Morgan fingerprint density at radius 2 is 1.81 bits per heavy atom. The summed E-state index contributed by atoms with van der Waals surface area (Å²) in [6.45, 7) is 3.06. The highest BCUT2D eigenvalue weighted by atomic mass is 16.7. The highest BCUT2D eigenvalue weighted by molar-refractivity contribution is 6.63. The van der Waals surface area contributed by atoms with Gasteiger partial charge in [-0.25, -0.2) is 4.79 Å². The molecule has 0 unspecified atom stereocenters. The van der Waals surface area contributed by atoms with Crippen LogP contribution in [0.2, 0.25) is 0 Å². The van der Waals surface area contributed by atoms with Gasteiger partial charge in [-0.05, 0) is 32.6 Å². The van der Waals surface area contributed by atoms with E-state index in [-0.39, 0.29) is 0 Å². The molecule has 1 fully saturated rings. The summed E-state index contributed by atoms with van der Waals surface area (Å²) in [6, 6.07) is 0. The summed E-state index contributed by atoms with van der Waals surface area (Å²) < 4.78 is 0. The summed E-state index contributed by atoms with van der Waals surface area (Å²) in [4.78, 5) is 26.9. The molecule has 1 aliphatic carbocycles. The Hall–Kier alpha value is -1.39. The second-order valence-corrected chi connectivity index (χ2v) is 4.40. The van der Waals surface area contributed by atoms with Crippen LogP contribution in [-0.4, -0.2) is 28.2 Å². The minimum Gasteiger partial charge on any atom is -0.476 e. The molecule has 1 N–H and O–H groups in total. The van der Waals surface area contributed by atoms with Crippen molar-refractivity contribution in [1.82, 2.24) is 0 Å². The Morgan fingerprint density at radius 3 is 2.25 bits per heavy atom. The summed E-state index contributed by atoms with van der Waals surface area (Å²) >= 11 is 0. The minimum absolute atomic E-state index is 0.422. The smallest absolute Gasteiger partial charge is 0.361 e. The Kier molecular flexibility index (Phi) is 4.04. The van der Waals surface area contributed by atoms with Crippen LogP contribution >= 0.6 is 0 Å². The fourth-order valence-corrected chi connectivity index (χ4v) is 1.80. The number of carbonyl (C=O) groups is 2. The molecule has 90 valence electrons. The molecule has 0 aromatic rings. The molecule has 5 nitrogen and oxygen atoms in total. The molecule has 0 aromatic heterocycles. The molecule has 0 heterocycles. The number of rotatable bonds is 4. The second kappa shape index (κ2) is 5.09. The van der Waals surface area contributed by atoms with E-state index in [1.165, 1.54) is 13.3 Å². The van der Waals surface area contributed by atoms with Crippen LogP contribution in [0.25, 0.3) is 0 Å². The molecule has 0 spiro atoms. The Morgan fingerprint density at radius 1 is 1.25 bits per heavy atom. The number of ketones is 1. The molecule has 5 heteroatoms. The van der Waals surface area contributed by atoms with E-state index in [0.717, 1.165) is 25.7 Å². The first-order valence-electron chi connectivity index (χ1n) is 5.45. The van der Waals surface area contributed by atoms with Crippen molar-refractivity contribution < 1.29 is 19.5 Å². The molecule has 16 heavy (non-hydrogen) atoms. The van der Waals surface area contributed by atoms with Gasteiger partial charge in [-0.15, -0.1) is 0 Å². The van der Waals surface area contributed by atoms with E-state index >= 15 is 0 Å². The summed E-state index contributed by atoms with van der Waals surface area (Å²) in [5.74, 6) is -1.93. The van der Waals surface area contributed by atoms with Gasteiger partial charge in [0.15, 0.2) is 5.78 Å². The highest BCUT2D eigenvalue weighted by Gasteiger charge is 2.30. The largest absolute Gasteiger partial charge is 0.476 e. The van der Waals surface area contributed by atoms with Gasteiger partial charge in [-0.1, -0.05) is 11.6 Å². The lowest BCUT2D eigenvalue weighted by molar-refractivity contribution is -0.131. The van der Waals surface area contributed by atoms with Gasteiger partial charge in [0.25, 0.3) is 0 Å². The monoisotopic (exact) mass is 227 g/mol. The lowest BCUT2D eigenvalue weighted by Gasteiger charge is -2.30. The number of aliphatic carboxylic acids is 1. The van der Waals surface area contributed by atoms with Crippen LogP contribution in [0, 0.1) is 0 Å². The Labute approximate surface area is 94.5 Å². The van der Waals surface area contributed by atoms with Crippen molar-refractivity contribution in [3.63, 3.8) is 0 Å². The fraction of sp³-hybridized carbons (Fsp3) is 0.727. The Bertz CT molecular complexity index is 300. The number of carboxylic acids is 1. The molecule has 0 radical (unpaired) electrons. The number of carboxylic acid groups (broad SMARTS) is 1. The second-order valence-electron chi connectivity index (χ2n) is 4.40. The van der Waals surface area contributed by atoms with Crippen LogP contribution < -0.4 is 0 Å². The van der Waals surface area contributed by atoms with E-state index in [4.69, 9.17) is 9.94 Å². The van der Waals surface area contributed by atoms with Gasteiger partial charge in [-0.3, -0.25) is 4.79 Å². The van der Waals surface area contributed by atoms with Crippen molar-refractivity contribution in [1.29, 1.82) is 0 Å². The number of nitrogens with zero attached hydrogens (tertiary/aromatic N) is 1. The number of hydrogen-bond acceptors (Lipinski definition) is 4. The maximum absolute atomic E-state index is 11.0. The molecule has 0 amide bonds. The zero-order chi connectivity index (χ0) is 12.2. The molecule has 0 atom stereocenters. The van der Waals surface area contributed by atoms with E-state index in [1.807, 2.05) is 6.92 Å². The summed E-state index contributed by atoms with van der Waals surface area (Å²) in [6.07, 6.45) is 4.97. The highest BCUT2D eigenvalue weighted by Crippen LogP contribution is 2.31. The molecular weight excluding hydrogens is 210 g/mol. The van der Waals surface area contributed by atoms with Crippen LogP contribution in [-0.2, 0) is 14.4 Å². The minimum atomic E-state index is -1.34. The van der Waals surface area contributed by atoms with Crippen molar-refractivity contribution in [3.05, 3.63) is 0 Å². The van der Waals surface area contributed by atoms with E-state index in [9.17, 15) is 9.59 Å². The third-order valence-corrected chi connectivity index (χ3v) is 2.80. The van der Waals surface area contributed by atoms with E-state index in [0.29, 0.717) is 0 Å². The van der Waals surface area contributed by atoms with Gasteiger partial charge < -0.3 is 9.94 Å². The van der Waals surface area contributed by atoms with Crippen molar-refractivity contribution in [2.75, 3.05) is 0 Å². The lowest BCUT2D eigenvalue weighted by Crippen LogP contribution is -2.31. The number of hydrogen-bond donors (Lipinski definition) is 1. The molecule has 1 saturated carbocycles. The van der Waals surface area contributed by atoms with Crippen molar-refractivity contribution >= 4 is 17.5 Å². The number of carbonyl (C=O) groups excluding carboxylic acids is 1. The van der Waals surface area contributed by atoms with E-state index in [2.05, 4.69) is 5.16 Å². The molecule has 1 rings (SSSR count). The fourth-order valence-electron chi connectivity index (χ4n) is 1.80. The topological polar surface area (TPSA) is 76.0 Å². The normalized spacial score (nSPS) is 20.2. The molecule has 0 aliphatic heterocycles. The van der Waals surface area contributed by atoms with Crippen LogP contribution in [0.4, 0.5) is 0 Å². The van der Waals surface area contributed by atoms with E-state index < -0.39 is 23.1 Å². The first-order chi connectivity index (χ1) is 7.44. The number of oxime groups is 1. The summed E-state index contributed by atoms with van der Waals surface area (Å²) in [5.41, 5.74) is -0.958. The summed E-state index contributed by atoms with van der Waals surface area (Å²) in [5, 5.41) is 12.2. The van der Waals surface area contributed by atoms with Crippen molar-refractivity contribution in [2.45, 2.75) is 51.6 Å². The van der Waals surface area contributed by atoms with E-state index in [1.54, 1.807) is 0 Å². The van der Waals surface area contributed by atoms with Gasteiger partial charge in [0.2, 0.25) is 5.71 Å². The SMILES string of the molecule is CC(=O)C(=NOC1(C)CCCCC1)C(=O)O. The maximum Gasteiger partial charge on any atom is 0.361 e.